The van der Waals surface area contributed by atoms with Gasteiger partial charge in [0.2, 0.25) is 0 Å². The Morgan fingerprint density at radius 3 is 2.62 bits per heavy atom. The van der Waals surface area contributed by atoms with Crippen molar-refractivity contribution in [2.24, 2.45) is 11.3 Å². The Balaban J connectivity index is 2.47. The van der Waals surface area contributed by atoms with E-state index < -0.39 is 0 Å². The van der Waals surface area contributed by atoms with Gasteiger partial charge in [0.15, 0.2) is 5.82 Å². The van der Waals surface area contributed by atoms with Gasteiger partial charge in [0.1, 0.15) is 5.82 Å². The van der Waals surface area contributed by atoms with Crippen molar-refractivity contribution in [1.82, 2.24) is 20.2 Å². The molecular weight excluding hydrogens is 269 g/mol. The van der Waals surface area contributed by atoms with Crippen LogP contribution in [0.2, 0.25) is 0 Å². The molecule has 2 rings (SSSR count). The van der Waals surface area contributed by atoms with Crippen molar-refractivity contribution in [1.29, 1.82) is 0 Å². The van der Waals surface area contributed by atoms with Gasteiger partial charge in [-0.15, -0.1) is 5.10 Å². The Morgan fingerprint density at radius 1 is 1.33 bits per heavy atom. The Labute approximate surface area is 124 Å². The van der Waals surface area contributed by atoms with Crippen molar-refractivity contribution in [2.45, 2.75) is 41.2 Å². The number of nitrogens with two attached hydrogens (primary N) is 1. The Bertz CT molecular complexity index is 646. The van der Waals surface area contributed by atoms with Crippen LogP contribution in [0.4, 0.5) is 10.1 Å². The van der Waals surface area contributed by atoms with Gasteiger partial charge >= 0.3 is 0 Å². The van der Waals surface area contributed by atoms with E-state index >= 15 is 0 Å². The van der Waals surface area contributed by atoms with Crippen LogP contribution in [0.5, 0.6) is 0 Å². The molecule has 0 aliphatic heterocycles. The molecule has 1 aromatic carbocycles. The first-order valence-corrected chi connectivity index (χ1v) is 7.04. The summed E-state index contributed by atoms with van der Waals surface area (Å²) in [6.07, 6.45) is 0. The van der Waals surface area contributed by atoms with Gasteiger partial charge in [-0.3, -0.25) is 0 Å². The molecule has 2 N–H and O–H groups in total. The third-order valence-corrected chi connectivity index (χ3v) is 4.17. The zero-order valence-electron chi connectivity index (χ0n) is 13.2. The standard InChI is InChI=1S/C15H22FN5/c1-9(2)15(4,5)8-21-14(18-19-20-21)12-7-11(17)6-10(3)13(12)16/h6-7,9H,8,17H2,1-5H3. The van der Waals surface area contributed by atoms with E-state index in [1.165, 1.54) is 0 Å². The minimum absolute atomic E-state index is 0.00399. The fourth-order valence-corrected chi connectivity index (χ4v) is 2.03. The predicted octanol–water partition coefficient (Wildman–Crippen LogP) is 3.05. The summed E-state index contributed by atoms with van der Waals surface area (Å²) in [5.74, 6) is 0.529. The third-order valence-electron chi connectivity index (χ3n) is 4.17. The SMILES string of the molecule is Cc1cc(N)cc(-c2nnnn2CC(C)(C)C(C)C)c1F. The third kappa shape index (κ3) is 3.04. The molecule has 6 heteroatoms. The van der Waals surface area contributed by atoms with Crippen molar-refractivity contribution < 1.29 is 4.39 Å². The molecule has 0 saturated carbocycles. The average molecular weight is 291 g/mol. The maximum atomic E-state index is 14.4. The Morgan fingerprint density at radius 2 is 2.00 bits per heavy atom. The van der Waals surface area contributed by atoms with Crippen LogP contribution in [0.3, 0.4) is 0 Å². The topological polar surface area (TPSA) is 69.6 Å². The van der Waals surface area contributed by atoms with Gasteiger partial charge in [0, 0.05) is 5.69 Å². The molecule has 0 saturated heterocycles. The molecule has 0 aliphatic carbocycles. The molecular formula is C15H22FN5. The molecule has 0 atom stereocenters. The normalized spacial score (nSPS) is 12.1. The summed E-state index contributed by atoms with van der Waals surface area (Å²) >= 11 is 0. The summed E-state index contributed by atoms with van der Waals surface area (Å²) in [6, 6.07) is 3.18. The summed E-state index contributed by atoms with van der Waals surface area (Å²) < 4.78 is 16.0. The lowest BCUT2D eigenvalue weighted by Crippen LogP contribution is -2.26. The monoisotopic (exact) mass is 291 g/mol. The highest BCUT2D eigenvalue weighted by Crippen LogP contribution is 2.31. The fourth-order valence-electron chi connectivity index (χ4n) is 2.03. The van der Waals surface area contributed by atoms with E-state index in [9.17, 15) is 4.39 Å². The van der Waals surface area contributed by atoms with Crippen molar-refractivity contribution in [2.75, 3.05) is 5.73 Å². The number of rotatable bonds is 4. The van der Waals surface area contributed by atoms with Crippen LogP contribution in [0.1, 0.15) is 33.3 Å². The molecule has 0 amide bonds. The maximum Gasteiger partial charge on any atom is 0.185 e. The summed E-state index contributed by atoms with van der Waals surface area (Å²) in [5, 5.41) is 11.7. The molecule has 0 unspecified atom stereocenters. The van der Waals surface area contributed by atoms with Gasteiger partial charge in [-0.25, -0.2) is 9.07 Å². The lowest BCUT2D eigenvalue weighted by molar-refractivity contribution is 0.200. The number of hydrogen-bond acceptors (Lipinski definition) is 4. The van der Waals surface area contributed by atoms with Gasteiger partial charge in [-0.2, -0.15) is 0 Å². The lowest BCUT2D eigenvalue weighted by Gasteiger charge is -2.29. The van der Waals surface area contributed by atoms with Gasteiger partial charge in [0.25, 0.3) is 0 Å². The van der Waals surface area contributed by atoms with Crippen molar-refractivity contribution in [3.05, 3.63) is 23.5 Å². The molecule has 0 radical (unpaired) electrons. The van der Waals surface area contributed by atoms with Crippen LogP contribution >= 0.6 is 0 Å². The molecule has 0 spiro atoms. The number of aryl methyl sites for hydroxylation is 1. The Kier molecular flexibility index (Phi) is 3.98. The second-order valence-electron chi connectivity index (χ2n) is 6.50. The highest BCUT2D eigenvalue weighted by Gasteiger charge is 2.26. The Hall–Kier alpha value is -1.98. The van der Waals surface area contributed by atoms with E-state index in [0.29, 0.717) is 35.1 Å². The van der Waals surface area contributed by atoms with Crippen LogP contribution in [0, 0.1) is 24.1 Å². The van der Waals surface area contributed by atoms with E-state index in [0.717, 1.165) is 0 Å². The smallest absolute Gasteiger partial charge is 0.185 e. The fraction of sp³-hybridized carbons (Fsp3) is 0.533. The molecule has 0 bridgehead atoms. The molecule has 1 heterocycles. The van der Waals surface area contributed by atoms with E-state index in [-0.39, 0.29) is 11.2 Å². The summed E-state index contributed by atoms with van der Waals surface area (Å²) in [5.41, 5.74) is 7.15. The molecule has 21 heavy (non-hydrogen) atoms. The van der Waals surface area contributed by atoms with E-state index in [1.807, 2.05) is 0 Å². The number of benzene rings is 1. The highest BCUT2D eigenvalue weighted by molar-refractivity contribution is 5.63. The zero-order chi connectivity index (χ0) is 15.8. The molecule has 1 aromatic heterocycles. The number of anilines is 1. The van der Waals surface area contributed by atoms with E-state index in [4.69, 9.17) is 5.73 Å². The number of aromatic nitrogens is 4. The van der Waals surface area contributed by atoms with Gasteiger partial charge in [-0.1, -0.05) is 27.7 Å². The average Bonchev–Trinajstić information content (AvgIpc) is 2.80. The van der Waals surface area contributed by atoms with Gasteiger partial charge in [0.05, 0.1) is 12.1 Å². The van der Waals surface area contributed by atoms with Crippen molar-refractivity contribution in [3.8, 4) is 11.4 Å². The number of nitrogen functional groups attached to an aromatic ring is 1. The number of nitrogens with zero attached hydrogens (tertiary/aromatic N) is 4. The molecule has 114 valence electrons. The van der Waals surface area contributed by atoms with Crippen molar-refractivity contribution in [3.63, 3.8) is 0 Å². The van der Waals surface area contributed by atoms with Gasteiger partial charge in [-0.05, 0) is 46.4 Å². The molecule has 0 aliphatic rings. The number of tetrazole rings is 1. The first-order valence-electron chi connectivity index (χ1n) is 7.04. The molecule has 0 fully saturated rings. The van der Waals surface area contributed by atoms with Crippen LogP contribution < -0.4 is 5.73 Å². The van der Waals surface area contributed by atoms with Crippen LogP contribution in [-0.2, 0) is 6.54 Å². The number of hydrogen-bond donors (Lipinski definition) is 1. The minimum Gasteiger partial charge on any atom is -0.399 e. The van der Waals surface area contributed by atoms with Crippen LogP contribution in [-0.4, -0.2) is 20.2 Å². The first-order chi connectivity index (χ1) is 9.72. The highest BCUT2D eigenvalue weighted by atomic mass is 19.1. The van der Waals surface area contributed by atoms with E-state index in [2.05, 4.69) is 43.2 Å². The largest absolute Gasteiger partial charge is 0.399 e. The molecule has 5 nitrogen and oxygen atoms in total. The molecule has 2 aromatic rings. The van der Waals surface area contributed by atoms with Gasteiger partial charge < -0.3 is 5.73 Å². The minimum atomic E-state index is -0.331. The predicted molar refractivity (Wildman–Crippen MR) is 81.0 cm³/mol. The second-order valence-corrected chi connectivity index (χ2v) is 6.50. The summed E-state index contributed by atoms with van der Waals surface area (Å²) in [7, 11) is 0. The second kappa shape index (κ2) is 5.42. The summed E-state index contributed by atoms with van der Waals surface area (Å²) in [4.78, 5) is 0. The van der Waals surface area contributed by atoms with E-state index in [1.54, 1.807) is 23.7 Å². The van der Waals surface area contributed by atoms with Crippen LogP contribution in [0.15, 0.2) is 12.1 Å². The first kappa shape index (κ1) is 15.4. The van der Waals surface area contributed by atoms with Crippen molar-refractivity contribution >= 4 is 5.69 Å². The lowest BCUT2D eigenvalue weighted by atomic mass is 9.81. The quantitative estimate of drug-likeness (QED) is 0.879. The van der Waals surface area contributed by atoms with Crippen LogP contribution in [0.25, 0.3) is 11.4 Å². The number of halogens is 1. The zero-order valence-corrected chi connectivity index (χ0v) is 13.2. The summed E-state index contributed by atoms with van der Waals surface area (Å²) in [6.45, 7) is 10.9. The maximum absolute atomic E-state index is 14.4.